The summed E-state index contributed by atoms with van der Waals surface area (Å²) < 4.78 is 38.3. The zero-order valence-corrected chi connectivity index (χ0v) is 8.67. The Labute approximate surface area is 91.1 Å². The smallest absolute Gasteiger partial charge is 0.393 e. The van der Waals surface area contributed by atoms with Crippen LogP contribution in [0.15, 0.2) is 18.2 Å². The molecule has 1 aromatic carbocycles. The maximum Gasteiger partial charge on any atom is 0.416 e. The lowest BCUT2D eigenvalue weighted by Crippen LogP contribution is -2.19. The van der Waals surface area contributed by atoms with Crippen molar-refractivity contribution in [1.82, 2.24) is 0 Å². The SMILES string of the molecule is CC(O)C1CNc2cccc(C(F)(F)F)c21. The summed E-state index contributed by atoms with van der Waals surface area (Å²) in [4.78, 5) is 0. The normalized spacial score (nSPS) is 21.4. The quantitative estimate of drug-likeness (QED) is 0.778. The fourth-order valence-corrected chi connectivity index (χ4v) is 2.10. The molecule has 1 aliphatic rings. The van der Waals surface area contributed by atoms with Crippen molar-refractivity contribution < 1.29 is 18.3 Å². The molecule has 2 N–H and O–H groups in total. The number of halogens is 3. The van der Waals surface area contributed by atoms with E-state index in [1.165, 1.54) is 13.0 Å². The van der Waals surface area contributed by atoms with Gasteiger partial charge in [-0.05, 0) is 24.6 Å². The predicted molar refractivity (Wildman–Crippen MR) is 54.4 cm³/mol. The minimum absolute atomic E-state index is 0.185. The maximum atomic E-state index is 12.8. The lowest BCUT2D eigenvalue weighted by atomic mass is 9.92. The highest BCUT2D eigenvalue weighted by atomic mass is 19.4. The Morgan fingerprint density at radius 1 is 1.44 bits per heavy atom. The van der Waals surface area contributed by atoms with Gasteiger partial charge in [0, 0.05) is 18.2 Å². The molecule has 88 valence electrons. The predicted octanol–water partition coefficient (Wildman–Crippen LogP) is 2.60. The summed E-state index contributed by atoms with van der Waals surface area (Å²) in [6.07, 6.45) is -5.16. The van der Waals surface area contributed by atoms with Gasteiger partial charge in [0.25, 0.3) is 0 Å². The van der Waals surface area contributed by atoms with Crippen LogP contribution in [-0.2, 0) is 6.18 Å². The Bertz CT molecular complexity index is 401. The fourth-order valence-electron chi connectivity index (χ4n) is 2.10. The lowest BCUT2D eigenvalue weighted by Gasteiger charge is -2.18. The molecule has 0 saturated carbocycles. The van der Waals surface area contributed by atoms with Crippen LogP contribution in [0.5, 0.6) is 0 Å². The molecule has 16 heavy (non-hydrogen) atoms. The van der Waals surface area contributed by atoms with E-state index in [2.05, 4.69) is 5.32 Å². The first-order valence-corrected chi connectivity index (χ1v) is 5.03. The third-order valence-electron chi connectivity index (χ3n) is 2.88. The topological polar surface area (TPSA) is 32.3 Å². The van der Waals surface area contributed by atoms with Crippen molar-refractivity contribution in [3.63, 3.8) is 0 Å². The van der Waals surface area contributed by atoms with Gasteiger partial charge in [0.05, 0.1) is 11.7 Å². The number of aliphatic hydroxyl groups excluding tert-OH is 1. The van der Waals surface area contributed by atoms with Crippen molar-refractivity contribution >= 4 is 5.69 Å². The van der Waals surface area contributed by atoms with Crippen molar-refractivity contribution in [2.24, 2.45) is 0 Å². The molecule has 0 saturated heterocycles. The number of alkyl halides is 3. The van der Waals surface area contributed by atoms with Gasteiger partial charge in [-0.1, -0.05) is 6.07 Å². The molecule has 0 spiro atoms. The lowest BCUT2D eigenvalue weighted by molar-refractivity contribution is -0.138. The first-order valence-electron chi connectivity index (χ1n) is 5.03. The summed E-state index contributed by atoms with van der Waals surface area (Å²) in [6.45, 7) is 1.86. The van der Waals surface area contributed by atoms with Gasteiger partial charge >= 0.3 is 6.18 Å². The van der Waals surface area contributed by atoms with Crippen LogP contribution in [0.1, 0.15) is 24.0 Å². The van der Waals surface area contributed by atoms with Gasteiger partial charge in [-0.25, -0.2) is 0 Å². The summed E-state index contributed by atoms with van der Waals surface area (Å²) in [5.74, 6) is -0.493. The molecule has 1 aromatic rings. The number of anilines is 1. The van der Waals surface area contributed by atoms with Crippen LogP contribution >= 0.6 is 0 Å². The van der Waals surface area contributed by atoms with Crippen LogP contribution in [0.2, 0.25) is 0 Å². The highest BCUT2D eigenvalue weighted by molar-refractivity contribution is 5.62. The minimum atomic E-state index is -4.37. The molecule has 2 unspecified atom stereocenters. The fraction of sp³-hybridized carbons (Fsp3) is 0.455. The van der Waals surface area contributed by atoms with Crippen LogP contribution in [0, 0.1) is 0 Å². The molecular weight excluding hydrogens is 219 g/mol. The molecule has 2 nitrogen and oxygen atoms in total. The van der Waals surface area contributed by atoms with E-state index in [0.717, 1.165) is 6.07 Å². The van der Waals surface area contributed by atoms with Gasteiger partial charge in [-0.3, -0.25) is 0 Å². The van der Waals surface area contributed by atoms with E-state index < -0.39 is 23.8 Å². The van der Waals surface area contributed by atoms with E-state index in [-0.39, 0.29) is 5.56 Å². The maximum absolute atomic E-state index is 12.8. The third-order valence-corrected chi connectivity index (χ3v) is 2.88. The van der Waals surface area contributed by atoms with Crippen LogP contribution in [0.3, 0.4) is 0 Å². The largest absolute Gasteiger partial charge is 0.416 e. The van der Waals surface area contributed by atoms with Gasteiger partial charge < -0.3 is 10.4 Å². The summed E-state index contributed by atoms with van der Waals surface area (Å²) >= 11 is 0. The summed E-state index contributed by atoms with van der Waals surface area (Å²) in [7, 11) is 0. The molecule has 1 aliphatic heterocycles. The van der Waals surface area contributed by atoms with Crippen LogP contribution < -0.4 is 5.32 Å². The average molecular weight is 231 g/mol. The van der Waals surface area contributed by atoms with E-state index in [0.29, 0.717) is 12.2 Å². The molecule has 0 fully saturated rings. The Hall–Kier alpha value is -1.23. The summed E-state index contributed by atoms with van der Waals surface area (Å²) in [5, 5.41) is 12.4. The van der Waals surface area contributed by atoms with Gasteiger partial charge in [-0.2, -0.15) is 13.2 Å². The Morgan fingerprint density at radius 3 is 2.69 bits per heavy atom. The van der Waals surface area contributed by atoms with E-state index in [1.54, 1.807) is 6.07 Å². The second-order valence-electron chi connectivity index (χ2n) is 3.99. The Kier molecular flexibility index (Phi) is 2.58. The number of rotatable bonds is 1. The van der Waals surface area contributed by atoms with Gasteiger partial charge in [-0.15, -0.1) is 0 Å². The number of hydrogen-bond donors (Lipinski definition) is 2. The van der Waals surface area contributed by atoms with Crippen LogP contribution in [0.4, 0.5) is 18.9 Å². The van der Waals surface area contributed by atoms with E-state index in [4.69, 9.17) is 0 Å². The first kappa shape index (κ1) is 11.3. The van der Waals surface area contributed by atoms with E-state index in [9.17, 15) is 18.3 Å². The molecule has 0 amide bonds. The van der Waals surface area contributed by atoms with Crippen molar-refractivity contribution in [1.29, 1.82) is 0 Å². The highest BCUT2D eigenvalue weighted by Gasteiger charge is 2.39. The molecule has 2 atom stereocenters. The van der Waals surface area contributed by atoms with Gasteiger partial charge in [0.15, 0.2) is 0 Å². The van der Waals surface area contributed by atoms with Gasteiger partial charge in [0.2, 0.25) is 0 Å². The highest BCUT2D eigenvalue weighted by Crippen LogP contribution is 2.42. The van der Waals surface area contributed by atoms with Crippen LogP contribution in [-0.4, -0.2) is 17.8 Å². The van der Waals surface area contributed by atoms with Crippen LogP contribution in [0.25, 0.3) is 0 Å². The summed E-state index contributed by atoms with van der Waals surface area (Å²) in [5.41, 5.74) is 0.00613. The molecule has 1 heterocycles. The molecule has 0 radical (unpaired) electrons. The number of nitrogens with one attached hydrogen (secondary N) is 1. The third kappa shape index (κ3) is 1.75. The number of benzene rings is 1. The second kappa shape index (κ2) is 3.66. The zero-order chi connectivity index (χ0) is 11.9. The van der Waals surface area contributed by atoms with Crippen molar-refractivity contribution in [2.75, 3.05) is 11.9 Å². The number of aliphatic hydroxyl groups is 1. The monoisotopic (exact) mass is 231 g/mol. The van der Waals surface area contributed by atoms with E-state index >= 15 is 0 Å². The molecule has 0 aromatic heterocycles. The molecule has 0 bridgehead atoms. The summed E-state index contributed by atoms with van der Waals surface area (Å²) in [6, 6.07) is 4.03. The van der Waals surface area contributed by atoms with Gasteiger partial charge in [0.1, 0.15) is 0 Å². The average Bonchev–Trinajstić information content (AvgIpc) is 2.58. The first-order chi connectivity index (χ1) is 7.41. The molecular formula is C11H12F3NO. The number of hydrogen-bond acceptors (Lipinski definition) is 2. The van der Waals surface area contributed by atoms with Crippen molar-refractivity contribution in [3.8, 4) is 0 Å². The van der Waals surface area contributed by atoms with E-state index in [1.807, 2.05) is 0 Å². The minimum Gasteiger partial charge on any atom is -0.393 e. The van der Waals surface area contributed by atoms with Crippen molar-refractivity contribution in [2.45, 2.75) is 25.1 Å². The van der Waals surface area contributed by atoms with Crippen molar-refractivity contribution in [3.05, 3.63) is 29.3 Å². The molecule has 5 heteroatoms. The standard InChI is InChI=1S/C11H12F3NO/c1-6(16)7-5-15-9-4-2-3-8(10(7)9)11(12,13)14/h2-4,6-7,15-16H,5H2,1H3. The molecule has 2 rings (SSSR count). The Morgan fingerprint density at radius 2 is 2.12 bits per heavy atom. The number of fused-ring (bicyclic) bond motifs is 1. The second-order valence-corrected chi connectivity index (χ2v) is 3.99. The molecule has 0 aliphatic carbocycles. The Balaban J connectivity index is 2.54. The zero-order valence-electron chi connectivity index (χ0n) is 8.67.